The van der Waals surface area contributed by atoms with Gasteiger partial charge in [0.2, 0.25) is 5.82 Å². The minimum absolute atomic E-state index is 0.107. The van der Waals surface area contributed by atoms with E-state index in [4.69, 9.17) is 16.3 Å². The van der Waals surface area contributed by atoms with Crippen molar-refractivity contribution in [2.75, 3.05) is 24.6 Å². The van der Waals surface area contributed by atoms with Crippen LogP contribution in [0.2, 0.25) is 5.02 Å². The van der Waals surface area contributed by atoms with Gasteiger partial charge in [0.05, 0.1) is 11.6 Å². The van der Waals surface area contributed by atoms with Gasteiger partial charge in [-0.25, -0.2) is 14.8 Å². The molecule has 1 aliphatic heterocycles. The van der Waals surface area contributed by atoms with Crippen LogP contribution in [0.5, 0.6) is 0 Å². The molecule has 3 heterocycles. The molecule has 24 heavy (non-hydrogen) atoms. The van der Waals surface area contributed by atoms with Gasteiger partial charge in [-0.1, -0.05) is 11.6 Å². The number of halogens is 1. The molecule has 0 amide bonds. The predicted octanol–water partition coefficient (Wildman–Crippen LogP) is 3.09. The second kappa shape index (κ2) is 7.57. The van der Waals surface area contributed by atoms with E-state index in [1.165, 1.54) is 0 Å². The molecule has 2 aromatic heterocycles. The van der Waals surface area contributed by atoms with E-state index in [0.29, 0.717) is 17.5 Å². The van der Waals surface area contributed by atoms with Crippen molar-refractivity contribution in [3.63, 3.8) is 0 Å². The number of esters is 1. The molecule has 126 valence electrons. The van der Waals surface area contributed by atoms with Gasteiger partial charge in [-0.3, -0.25) is 4.98 Å². The molecule has 0 aliphatic carbocycles. The van der Waals surface area contributed by atoms with Crippen molar-refractivity contribution in [3.05, 3.63) is 47.1 Å². The van der Waals surface area contributed by atoms with E-state index >= 15 is 0 Å². The lowest BCUT2D eigenvalue weighted by Gasteiger charge is -2.32. The van der Waals surface area contributed by atoms with Crippen LogP contribution in [0, 0.1) is 0 Å². The fourth-order valence-electron chi connectivity index (χ4n) is 2.85. The number of hydrogen-bond acceptors (Lipinski definition) is 6. The standard InChI is InChI=1S/C17H19ClN4O2/c1-2-24-17(23)16-19-8-5-15(21-16)22-9-6-12(7-10-22)14-4-3-13(18)11-20-14/h3-5,8,11-12H,2,6-7,9-10H2,1H3. The molecule has 1 aliphatic rings. The Hall–Kier alpha value is -2.21. The molecule has 0 aromatic carbocycles. The van der Waals surface area contributed by atoms with Crippen LogP contribution in [0.25, 0.3) is 0 Å². The SMILES string of the molecule is CCOC(=O)c1nccc(N2CCC(c3ccc(Cl)cn3)CC2)n1. The zero-order valence-corrected chi connectivity index (χ0v) is 14.2. The maximum absolute atomic E-state index is 11.8. The molecule has 0 bridgehead atoms. The summed E-state index contributed by atoms with van der Waals surface area (Å²) >= 11 is 5.89. The molecule has 0 saturated carbocycles. The highest BCUT2D eigenvalue weighted by Crippen LogP contribution is 2.29. The van der Waals surface area contributed by atoms with Crippen molar-refractivity contribution in [2.45, 2.75) is 25.7 Å². The summed E-state index contributed by atoms with van der Waals surface area (Å²) in [5, 5.41) is 0.656. The van der Waals surface area contributed by atoms with Crippen LogP contribution in [0.15, 0.2) is 30.6 Å². The Morgan fingerprint density at radius 3 is 2.75 bits per heavy atom. The highest BCUT2D eigenvalue weighted by Gasteiger charge is 2.23. The van der Waals surface area contributed by atoms with Crippen molar-refractivity contribution in [1.82, 2.24) is 15.0 Å². The Labute approximate surface area is 145 Å². The number of carbonyl (C=O) groups is 1. The minimum atomic E-state index is -0.486. The average Bonchev–Trinajstić information content (AvgIpc) is 2.63. The van der Waals surface area contributed by atoms with Crippen LogP contribution in [-0.4, -0.2) is 40.6 Å². The fourth-order valence-corrected chi connectivity index (χ4v) is 2.96. The van der Waals surface area contributed by atoms with Crippen LogP contribution < -0.4 is 4.90 Å². The topological polar surface area (TPSA) is 68.2 Å². The summed E-state index contributed by atoms with van der Waals surface area (Å²) in [5.74, 6) is 0.802. The zero-order chi connectivity index (χ0) is 16.9. The first-order valence-electron chi connectivity index (χ1n) is 8.04. The van der Waals surface area contributed by atoms with Crippen molar-refractivity contribution in [2.24, 2.45) is 0 Å². The van der Waals surface area contributed by atoms with Gasteiger partial charge in [0.1, 0.15) is 5.82 Å². The first kappa shape index (κ1) is 16.6. The van der Waals surface area contributed by atoms with Crippen molar-refractivity contribution >= 4 is 23.4 Å². The molecule has 0 radical (unpaired) electrons. The molecule has 3 rings (SSSR count). The third-order valence-corrected chi connectivity index (χ3v) is 4.31. The third-order valence-electron chi connectivity index (χ3n) is 4.09. The van der Waals surface area contributed by atoms with Gasteiger partial charge in [-0.15, -0.1) is 0 Å². The Balaban J connectivity index is 1.65. The number of carbonyl (C=O) groups excluding carboxylic acids is 1. The Morgan fingerprint density at radius 2 is 2.08 bits per heavy atom. The monoisotopic (exact) mass is 346 g/mol. The number of hydrogen-bond donors (Lipinski definition) is 0. The summed E-state index contributed by atoms with van der Waals surface area (Å²) in [7, 11) is 0. The van der Waals surface area contributed by atoms with Crippen LogP contribution in [0.1, 0.15) is 42.0 Å². The predicted molar refractivity (Wildman–Crippen MR) is 91.4 cm³/mol. The number of anilines is 1. The summed E-state index contributed by atoms with van der Waals surface area (Å²) in [6.07, 6.45) is 5.25. The van der Waals surface area contributed by atoms with Gasteiger partial charge in [0, 0.05) is 37.1 Å². The quantitative estimate of drug-likeness (QED) is 0.792. The van der Waals surface area contributed by atoms with Gasteiger partial charge >= 0.3 is 5.97 Å². The minimum Gasteiger partial charge on any atom is -0.460 e. The van der Waals surface area contributed by atoms with Gasteiger partial charge < -0.3 is 9.64 Å². The lowest BCUT2D eigenvalue weighted by molar-refractivity contribution is 0.0512. The van der Waals surface area contributed by atoms with Crippen molar-refractivity contribution < 1.29 is 9.53 Å². The van der Waals surface area contributed by atoms with Crippen LogP contribution >= 0.6 is 11.6 Å². The van der Waals surface area contributed by atoms with Gasteiger partial charge in [0.15, 0.2) is 0 Å². The normalized spacial score (nSPS) is 15.3. The van der Waals surface area contributed by atoms with Crippen LogP contribution in [-0.2, 0) is 4.74 Å². The Kier molecular flexibility index (Phi) is 5.25. The lowest BCUT2D eigenvalue weighted by Crippen LogP contribution is -2.34. The lowest BCUT2D eigenvalue weighted by atomic mass is 9.93. The summed E-state index contributed by atoms with van der Waals surface area (Å²) in [4.78, 5) is 26.7. The largest absolute Gasteiger partial charge is 0.460 e. The summed E-state index contributed by atoms with van der Waals surface area (Å²) in [5.41, 5.74) is 1.08. The zero-order valence-electron chi connectivity index (χ0n) is 13.5. The molecule has 0 atom stereocenters. The Morgan fingerprint density at radius 1 is 1.29 bits per heavy atom. The summed E-state index contributed by atoms with van der Waals surface area (Å²) in [6.45, 7) is 3.78. The van der Waals surface area contributed by atoms with E-state index in [9.17, 15) is 4.79 Å². The highest BCUT2D eigenvalue weighted by atomic mass is 35.5. The molecular weight excluding hydrogens is 328 g/mol. The van der Waals surface area contributed by atoms with Crippen LogP contribution in [0.4, 0.5) is 5.82 Å². The molecule has 2 aromatic rings. The number of rotatable bonds is 4. The average molecular weight is 347 g/mol. The summed E-state index contributed by atoms with van der Waals surface area (Å²) in [6, 6.07) is 5.70. The van der Waals surface area contributed by atoms with Gasteiger partial charge in [-0.05, 0) is 38.0 Å². The number of pyridine rings is 1. The van der Waals surface area contributed by atoms with Crippen molar-refractivity contribution in [1.29, 1.82) is 0 Å². The highest BCUT2D eigenvalue weighted by molar-refractivity contribution is 6.30. The van der Waals surface area contributed by atoms with Crippen molar-refractivity contribution in [3.8, 4) is 0 Å². The Bertz CT molecular complexity index is 700. The first-order valence-corrected chi connectivity index (χ1v) is 8.41. The van der Waals surface area contributed by atoms with E-state index < -0.39 is 5.97 Å². The number of ether oxygens (including phenoxy) is 1. The van der Waals surface area contributed by atoms with E-state index in [2.05, 4.69) is 19.9 Å². The molecule has 0 unspecified atom stereocenters. The van der Waals surface area contributed by atoms with Gasteiger partial charge in [-0.2, -0.15) is 0 Å². The third kappa shape index (κ3) is 3.82. The maximum atomic E-state index is 11.8. The number of nitrogens with zero attached hydrogens (tertiary/aromatic N) is 4. The van der Waals surface area contributed by atoms with E-state index in [0.717, 1.165) is 37.4 Å². The molecule has 6 nitrogen and oxygen atoms in total. The molecule has 0 N–H and O–H groups in total. The maximum Gasteiger partial charge on any atom is 0.376 e. The van der Waals surface area contributed by atoms with Gasteiger partial charge in [0.25, 0.3) is 0 Å². The smallest absolute Gasteiger partial charge is 0.376 e. The second-order valence-corrected chi connectivity index (χ2v) is 6.06. The van der Waals surface area contributed by atoms with E-state index in [1.54, 1.807) is 19.3 Å². The first-order chi connectivity index (χ1) is 11.7. The second-order valence-electron chi connectivity index (χ2n) is 5.62. The summed E-state index contributed by atoms with van der Waals surface area (Å²) < 4.78 is 4.95. The fraction of sp³-hybridized carbons (Fsp3) is 0.412. The van der Waals surface area contributed by atoms with Crippen LogP contribution in [0.3, 0.4) is 0 Å². The molecule has 7 heteroatoms. The number of aromatic nitrogens is 3. The molecule has 1 fully saturated rings. The molecular formula is C17H19ClN4O2. The molecule has 1 saturated heterocycles. The molecule has 0 spiro atoms. The van der Waals surface area contributed by atoms with E-state index in [1.807, 2.05) is 18.2 Å². The number of piperidine rings is 1. The van der Waals surface area contributed by atoms with E-state index in [-0.39, 0.29) is 5.82 Å².